The number of ether oxygens (including phenoxy) is 1. The molecule has 0 bridgehead atoms. The first kappa shape index (κ1) is 9.90. The minimum absolute atomic E-state index is 0.0931. The molecule has 0 saturated heterocycles. The van der Waals surface area contributed by atoms with Crippen molar-refractivity contribution in [3.63, 3.8) is 0 Å². The molecule has 1 aliphatic carbocycles. The maximum absolute atomic E-state index is 11.1. The van der Waals surface area contributed by atoms with E-state index in [1.165, 1.54) is 43.9 Å². The van der Waals surface area contributed by atoms with Gasteiger partial charge in [-0.25, -0.2) is 4.79 Å². The van der Waals surface area contributed by atoms with Crippen molar-refractivity contribution in [1.82, 2.24) is 0 Å². The van der Waals surface area contributed by atoms with E-state index in [0.29, 0.717) is 11.9 Å². The lowest BCUT2D eigenvalue weighted by atomic mass is 10.0. The fourth-order valence-corrected chi connectivity index (χ4v) is 2.50. The number of hydrogen-bond acceptors (Lipinski definition) is 3. The molecule has 70 valence electrons. The lowest BCUT2D eigenvalue weighted by Crippen LogP contribution is -2.11. The first-order valence-corrected chi connectivity index (χ1v) is 5.54. The molecule has 3 heteroatoms. The van der Waals surface area contributed by atoms with Crippen LogP contribution in [-0.4, -0.2) is 17.2 Å². The lowest BCUT2D eigenvalue weighted by molar-refractivity contribution is 0.181. The van der Waals surface area contributed by atoms with Crippen LogP contribution in [0.2, 0.25) is 0 Å². The summed E-state index contributed by atoms with van der Waals surface area (Å²) in [5, 5.41) is 0.433. The second-order valence-electron chi connectivity index (χ2n) is 3.06. The molecule has 0 aliphatic heterocycles. The van der Waals surface area contributed by atoms with Gasteiger partial charge in [0.25, 0.3) is 0 Å². The SMILES string of the molecule is CCOC(=O)SC1CCCCC1. The van der Waals surface area contributed by atoms with Gasteiger partial charge in [-0.3, -0.25) is 0 Å². The molecule has 0 atom stereocenters. The van der Waals surface area contributed by atoms with Crippen molar-refractivity contribution in [1.29, 1.82) is 0 Å². The molecule has 2 nitrogen and oxygen atoms in total. The van der Waals surface area contributed by atoms with Crippen molar-refractivity contribution in [2.24, 2.45) is 0 Å². The van der Waals surface area contributed by atoms with Gasteiger partial charge in [0, 0.05) is 5.25 Å². The lowest BCUT2D eigenvalue weighted by Gasteiger charge is -2.19. The van der Waals surface area contributed by atoms with E-state index in [2.05, 4.69) is 0 Å². The molecular formula is C9H16O2S. The predicted molar refractivity (Wildman–Crippen MR) is 51.5 cm³/mol. The van der Waals surface area contributed by atoms with Gasteiger partial charge in [0.1, 0.15) is 0 Å². The summed E-state index contributed by atoms with van der Waals surface area (Å²) in [5.41, 5.74) is 0. The molecule has 12 heavy (non-hydrogen) atoms. The third kappa shape index (κ3) is 3.48. The zero-order valence-corrected chi connectivity index (χ0v) is 8.36. The Morgan fingerprint density at radius 1 is 1.42 bits per heavy atom. The first-order chi connectivity index (χ1) is 5.83. The Morgan fingerprint density at radius 2 is 2.08 bits per heavy atom. The molecular weight excluding hydrogens is 172 g/mol. The molecule has 0 aromatic heterocycles. The number of carbonyl (C=O) groups excluding carboxylic acids is 1. The average Bonchev–Trinajstić information content (AvgIpc) is 2.06. The van der Waals surface area contributed by atoms with E-state index in [1.54, 1.807) is 0 Å². The summed E-state index contributed by atoms with van der Waals surface area (Å²) in [7, 11) is 0. The zero-order chi connectivity index (χ0) is 8.81. The number of thioether (sulfide) groups is 1. The molecule has 0 aromatic rings. The normalized spacial score (nSPS) is 19.1. The van der Waals surface area contributed by atoms with E-state index in [0.717, 1.165) is 0 Å². The van der Waals surface area contributed by atoms with Gasteiger partial charge in [0.2, 0.25) is 0 Å². The van der Waals surface area contributed by atoms with E-state index in [4.69, 9.17) is 4.74 Å². The topological polar surface area (TPSA) is 26.3 Å². The van der Waals surface area contributed by atoms with Crippen molar-refractivity contribution in [3.8, 4) is 0 Å². The summed E-state index contributed by atoms with van der Waals surface area (Å²) in [6.45, 7) is 2.35. The predicted octanol–water partition coefficient (Wildman–Crippen LogP) is 3.21. The Balaban J connectivity index is 2.15. The second-order valence-corrected chi connectivity index (χ2v) is 4.30. The monoisotopic (exact) mass is 188 g/mol. The van der Waals surface area contributed by atoms with Crippen LogP contribution in [0.3, 0.4) is 0 Å². The van der Waals surface area contributed by atoms with Gasteiger partial charge in [-0.2, -0.15) is 0 Å². The van der Waals surface area contributed by atoms with Gasteiger partial charge in [-0.1, -0.05) is 19.3 Å². The highest BCUT2D eigenvalue weighted by molar-refractivity contribution is 8.13. The van der Waals surface area contributed by atoms with Crippen LogP contribution in [0.5, 0.6) is 0 Å². The zero-order valence-electron chi connectivity index (χ0n) is 7.54. The maximum atomic E-state index is 11.1. The summed E-state index contributed by atoms with van der Waals surface area (Å²) in [4.78, 5) is 11.1. The number of carbonyl (C=O) groups is 1. The van der Waals surface area contributed by atoms with E-state index < -0.39 is 0 Å². The van der Waals surface area contributed by atoms with Gasteiger partial charge >= 0.3 is 5.30 Å². The highest BCUT2D eigenvalue weighted by atomic mass is 32.2. The Kier molecular flexibility index (Phi) is 4.51. The van der Waals surface area contributed by atoms with Crippen LogP contribution in [0, 0.1) is 0 Å². The van der Waals surface area contributed by atoms with Crippen molar-refractivity contribution in [2.45, 2.75) is 44.3 Å². The summed E-state index contributed by atoms with van der Waals surface area (Å²) in [6, 6.07) is 0. The Labute approximate surface area is 78.1 Å². The highest BCUT2D eigenvalue weighted by Gasteiger charge is 2.17. The molecule has 1 rings (SSSR count). The van der Waals surface area contributed by atoms with E-state index in [9.17, 15) is 4.79 Å². The quantitative estimate of drug-likeness (QED) is 0.622. The second kappa shape index (κ2) is 5.46. The van der Waals surface area contributed by atoms with Crippen LogP contribution in [0.4, 0.5) is 4.79 Å². The van der Waals surface area contributed by atoms with E-state index in [-0.39, 0.29) is 5.30 Å². The Bertz CT molecular complexity index is 141. The van der Waals surface area contributed by atoms with Gasteiger partial charge in [-0.05, 0) is 31.5 Å². The van der Waals surface area contributed by atoms with Crippen molar-refractivity contribution < 1.29 is 9.53 Å². The molecule has 1 saturated carbocycles. The summed E-state index contributed by atoms with van der Waals surface area (Å²) >= 11 is 1.38. The minimum atomic E-state index is -0.0931. The molecule has 0 amide bonds. The number of hydrogen-bond donors (Lipinski definition) is 0. The average molecular weight is 188 g/mol. The number of rotatable bonds is 2. The maximum Gasteiger partial charge on any atom is 0.367 e. The van der Waals surface area contributed by atoms with Crippen LogP contribution in [0.15, 0.2) is 0 Å². The molecule has 0 aromatic carbocycles. The molecule has 0 unspecified atom stereocenters. The fraction of sp³-hybridized carbons (Fsp3) is 0.889. The third-order valence-electron chi connectivity index (χ3n) is 2.08. The van der Waals surface area contributed by atoms with Gasteiger partial charge in [0.15, 0.2) is 0 Å². The highest BCUT2D eigenvalue weighted by Crippen LogP contribution is 2.29. The molecule has 0 radical (unpaired) electrons. The van der Waals surface area contributed by atoms with Gasteiger partial charge in [-0.15, -0.1) is 0 Å². The molecule has 0 heterocycles. The summed E-state index contributed by atoms with van der Waals surface area (Å²) in [5.74, 6) is 0. The van der Waals surface area contributed by atoms with Crippen molar-refractivity contribution in [2.75, 3.05) is 6.61 Å². The Morgan fingerprint density at radius 3 is 2.67 bits per heavy atom. The van der Waals surface area contributed by atoms with Crippen molar-refractivity contribution in [3.05, 3.63) is 0 Å². The van der Waals surface area contributed by atoms with E-state index in [1.807, 2.05) is 6.92 Å². The minimum Gasteiger partial charge on any atom is -0.458 e. The molecule has 1 aliphatic rings. The summed E-state index contributed by atoms with van der Waals surface area (Å²) in [6.07, 6.45) is 6.25. The summed E-state index contributed by atoms with van der Waals surface area (Å²) < 4.78 is 4.87. The Hall–Kier alpha value is -0.180. The van der Waals surface area contributed by atoms with Crippen LogP contribution in [0.25, 0.3) is 0 Å². The van der Waals surface area contributed by atoms with E-state index >= 15 is 0 Å². The largest absolute Gasteiger partial charge is 0.458 e. The third-order valence-corrected chi connectivity index (χ3v) is 3.19. The van der Waals surface area contributed by atoms with Gasteiger partial charge in [0.05, 0.1) is 6.61 Å². The molecule has 0 spiro atoms. The molecule has 1 fully saturated rings. The molecule has 0 N–H and O–H groups in total. The standard InChI is InChI=1S/C9H16O2S/c1-2-11-9(10)12-8-6-4-3-5-7-8/h8H,2-7H2,1H3. The fourth-order valence-electron chi connectivity index (χ4n) is 1.47. The van der Waals surface area contributed by atoms with Crippen LogP contribution in [0.1, 0.15) is 39.0 Å². The van der Waals surface area contributed by atoms with Crippen LogP contribution >= 0.6 is 11.8 Å². The first-order valence-electron chi connectivity index (χ1n) is 4.66. The smallest absolute Gasteiger partial charge is 0.367 e. The van der Waals surface area contributed by atoms with Crippen LogP contribution < -0.4 is 0 Å². The van der Waals surface area contributed by atoms with Crippen molar-refractivity contribution >= 4 is 17.1 Å². The van der Waals surface area contributed by atoms with Gasteiger partial charge < -0.3 is 4.74 Å². The van der Waals surface area contributed by atoms with Crippen LogP contribution in [-0.2, 0) is 4.74 Å².